The Hall–Kier alpha value is -0.970. The molecule has 2 N–H and O–H groups in total. The molecular formula is C13H20ClN3O. The van der Waals surface area contributed by atoms with Gasteiger partial charge in [-0.2, -0.15) is 0 Å². The van der Waals surface area contributed by atoms with E-state index >= 15 is 0 Å². The lowest BCUT2D eigenvalue weighted by Crippen LogP contribution is -2.52. The lowest BCUT2D eigenvalue weighted by atomic mass is 10.2. The van der Waals surface area contributed by atoms with E-state index < -0.39 is 0 Å². The summed E-state index contributed by atoms with van der Waals surface area (Å²) in [6.45, 7) is 4.09. The van der Waals surface area contributed by atoms with Gasteiger partial charge in [-0.15, -0.1) is 0 Å². The van der Waals surface area contributed by atoms with E-state index in [1.54, 1.807) is 7.11 Å². The molecule has 0 radical (unpaired) electrons. The maximum atomic E-state index is 6.09. The van der Waals surface area contributed by atoms with Crippen LogP contribution in [0.15, 0.2) is 18.2 Å². The maximum Gasteiger partial charge on any atom is 0.137 e. The number of nitrogens with one attached hydrogen (secondary N) is 2. The molecule has 0 saturated carbocycles. The minimum Gasteiger partial charge on any atom is -0.495 e. The van der Waals surface area contributed by atoms with Crippen LogP contribution in [-0.4, -0.2) is 51.3 Å². The van der Waals surface area contributed by atoms with Gasteiger partial charge < -0.3 is 15.4 Å². The van der Waals surface area contributed by atoms with Gasteiger partial charge in [0.1, 0.15) is 5.75 Å². The van der Waals surface area contributed by atoms with Gasteiger partial charge in [0.15, 0.2) is 0 Å². The van der Waals surface area contributed by atoms with Crippen LogP contribution in [0.3, 0.4) is 0 Å². The van der Waals surface area contributed by atoms with Crippen LogP contribution in [-0.2, 0) is 0 Å². The molecule has 0 amide bonds. The first-order chi connectivity index (χ1) is 8.70. The molecule has 100 valence electrons. The zero-order valence-electron chi connectivity index (χ0n) is 10.9. The summed E-state index contributed by atoms with van der Waals surface area (Å²) in [4.78, 5) is 2.37. The fraction of sp³-hybridized carbons (Fsp3) is 0.538. The third-order valence-corrected chi connectivity index (χ3v) is 3.63. The van der Waals surface area contributed by atoms with Crippen LogP contribution >= 0.6 is 11.6 Å². The summed E-state index contributed by atoms with van der Waals surface area (Å²) in [5.41, 5.74) is 1.03. The lowest BCUT2D eigenvalue weighted by molar-refractivity contribution is 0.209. The quantitative estimate of drug-likeness (QED) is 0.872. The minimum absolute atomic E-state index is 0.514. The molecule has 1 aromatic rings. The number of likely N-dealkylation sites (N-methyl/N-ethyl adjacent to an activating group) is 1. The third kappa shape index (κ3) is 3.28. The standard InChI is InChI=1S/C13H20ClN3O/c1-17-6-5-15-8-11(17)9-16-10-3-4-13(18-2)12(14)7-10/h3-4,7,11,15-16H,5-6,8-9H2,1-2H3. The highest BCUT2D eigenvalue weighted by atomic mass is 35.5. The van der Waals surface area contributed by atoms with Crippen LogP contribution in [0.5, 0.6) is 5.75 Å². The number of nitrogens with zero attached hydrogens (tertiary/aromatic N) is 1. The number of hydrogen-bond donors (Lipinski definition) is 2. The Balaban J connectivity index is 1.91. The molecule has 0 spiro atoms. The van der Waals surface area contributed by atoms with Gasteiger partial charge in [-0.05, 0) is 25.2 Å². The van der Waals surface area contributed by atoms with Crippen molar-refractivity contribution in [3.63, 3.8) is 0 Å². The minimum atomic E-state index is 0.514. The molecule has 1 fully saturated rings. The first-order valence-corrected chi connectivity index (χ1v) is 6.57. The summed E-state index contributed by atoms with van der Waals surface area (Å²) in [6, 6.07) is 6.28. The smallest absolute Gasteiger partial charge is 0.137 e. The summed E-state index contributed by atoms with van der Waals surface area (Å²) >= 11 is 6.09. The van der Waals surface area contributed by atoms with Gasteiger partial charge in [0.25, 0.3) is 0 Å². The Labute approximate surface area is 113 Å². The summed E-state index contributed by atoms with van der Waals surface area (Å²) in [5.74, 6) is 0.707. The highest BCUT2D eigenvalue weighted by Gasteiger charge is 2.17. The monoisotopic (exact) mass is 269 g/mol. The molecule has 1 heterocycles. The second-order valence-electron chi connectivity index (χ2n) is 4.57. The van der Waals surface area contributed by atoms with Crippen molar-refractivity contribution < 1.29 is 4.74 Å². The van der Waals surface area contributed by atoms with Gasteiger partial charge in [-0.3, -0.25) is 4.90 Å². The SMILES string of the molecule is COc1ccc(NCC2CNCCN2C)cc1Cl. The van der Waals surface area contributed by atoms with E-state index in [-0.39, 0.29) is 0 Å². The van der Waals surface area contributed by atoms with Crippen molar-refractivity contribution in [2.45, 2.75) is 6.04 Å². The van der Waals surface area contributed by atoms with Crippen molar-refractivity contribution >= 4 is 17.3 Å². The largest absolute Gasteiger partial charge is 0.495 e. The molecule has 0 aromatic heterocycles. The van der Waals surface area contributed by atoms with Crippen molar-refractivity contribution in [2.75, 3.05) is 45.7 Å². The molecule has 2 rings (SSSR count). The van der Waals surface area contributed by atoms with Crippen molar-refractivity contribution in [2.24, 2.45) is 0 Å². The van der Waals surface area contributed by atoms with Crippen LogP contribution in [0, 0.1) is 0 Å². The van der Waals surface area contributed by atoms with E-state index in [0.717, 1.165) is 31.9 Å². The van der Waals surface area contributed by atoms with E-state index in [4.69, 9.17) is 16.3 Å². The first kappa shape index (κ1) is 13.5. The second kappa shape index (κ2) is 6.27. The van der Waals surface area contributed by atoms with E-state index in [1.807, 2.05) is 18.2 Å². The number of rotatable bonds is 4. The second-order valence-corrected chi connectivity index (χ2v) is 4.98. The van der Waals surface area contributed by atoms with Gasteiger partial charge in [-0.1, -0.05) is 11.6 Å². The lowest BCUT2D eigenvalue weighted by Gasteiger charge is -2.33. The maximum absolute atomic E-state index is 6.09. The number of hydrogen-bond acceptors (Lipinski definition) is 4. The summed E-state index contributed by atoms with van der Waals surface area (Å²) in [6.07, 6.45) is 0. The molecule has 0 bridgehead atoms. The van der Waals surface area contributed by atoms with Crippen LogP contribution < -0.4 is 15.4 Å². The van der Waals surface area contributed by atoms with Crippen LogP contribution in [0.2, 0.25) is 5.02 Å². The van der Waals surface area contributed by atoms with Crippen LogP contribution in [0.1, 0.15) is 0 Å². The Morgan fingerprint density at radius 3 is 3.06 bits per heavy atom. The van der Waals surface area contributed by atoms with Crippen LogP contribution in [0.4, 0.5) is 5.69 Å². The number of benzene rings is 1. The summed E-state index contributed by atoms with van der Waals surface area (Å²) in [7, 11) is 3.78. The van der Waals surface area contributed by atoms with Gasteiger partial charge in [0, 0.05) is 37.9 Å². The van der Waals surface area contributed by atoms with E-state index in [9.17, 15) is 0 Å². The van der Waals surface area contributed by atoms with Gasteiger partial charge in [0.05, 0.1) is 12.1 Å². The average Bonchev–Trinajstić information content (AvgIpc) is 2.38. The molecule has 0 aliphatic carbocycles. The highest BCUT2D eigenvalue weighted by Crippen LogP contribution is 2.27. The summed E-state index contributed by atoms with van der Waals surface area (Å²) < 4.78 is 5.13. The van der Waals surface area contributed by atoms with E-state index in [2.05, 4.69) is 22.6 Å². The first-order valence-electron chi connectivity index (χ1n) is 6.19. The molecular weight excluding hydrogens is 250 g/mol. The van der Waals surface area contributed by atoms with E-state index in [0.29, 0.717) is 16.8 Å². The Morgan fingerprint density at radius 2 is 2.39 bits per heavy atom. The molecule has 1 saturated heterocycles. The number of halogens is 1. The molecule has 1 unspecified atom stereocenters. The Kier molecular flexibility index (Phi) is 4.69. The predicted molar refractivity (Wildman–Crippen MR) is 75.8 cm³/mol. The Morgan fingerprint density at radius 1 is 1.56 bits per heavy atom. The third-order valence-electron chi connectivity index (χ3n) is 3.34. The van der Waals surface area contributed by atoms with Gasteiger partial charge in [0.2, 0.25) is 0 Å². The topological polar surface area (TPSA) is 36.5 Å². The number of piperazine rings is 1. The zero-order valence-corrected chi connectivity index (χ0v) is 11.6. The fourth-order valence-electron chi connectivity index (χ4n) is 2.10. The average molecular weight is 270 g/mol. The van der Waals surface area contributed by atoms with Crippen molar-refractivity contribution in [3.05, 3.63) is 23.2 Å². The number of methoxy groups -OCH3 is 1. The summed E-state index contributed by atoms with van der Waals surface area (Å²) in [5, 5.41) is 7.46. The zero-order chi connectivity index (χ0) is 13.0. The molecule has 18 heavy (non-hydrogen) atoms. The molecule has 1 aromatic carbocycles. The van der Waals surface area contributed by atoms with Crippen LogP contribution in [0.25, 0.3) is 0 Å². The molecule has 5 heteroatoms. The normalized spacial score (nSPS) is 20.7. The molecule has 1 atom stereocenters. The molecule has 1 aliphatic rings. The fourth-order valence-corrected chi connectivity index (χ4v) is 2.36. The van der Waals surface area contributed by atoms with Crippen molar-refractivity contribution in [1.82, 2.24) is 10.2 Å². The molecule has 4 nitrogen and oxygen atoms in total. The number of anilines is 1. The predicted octanol–water partition coefficient (Wildman–Crippen LogP) is 1.66. The Bertz CT molecular complexity index is 400. The number of ether oxygens (including phenoxy) is 1. The van der Waals surface area contributed by atoms with Gasteiger partial charge >= 0.3 is 0 Å². The van der Waals surface area contributed by atoms with E-state index in [1.165, 1.54) is 0 Å². The van der Waals surface area contributed by atoms with Gasteiger partial charge in [-0.25, -0.2) is 0 Å². The van der Waals surface area contributed by atoms with Crippen molar-refractivity contribution in [1.29, 1.82) is 0 Å². The molecule has 1 aliphatic heterocycles. The highest BCUT2D eigenvalue weighted by molar-refractivity contribution is 6.32. The van der Waals surface area contributed by atoms with Crippen molar-refractivity contribution in [3.8, 4) is 5.75 Å².